The Kier molecular flexibility index (Phi) is 4.79. The summed E-state index contributed by atoms with van der Waals surface area (Å²) in [6.45, 7) is 1.42. The van der Waals surface area contributed by atoms with Gasteiger partial charge in [0.15, 0.2) is 0 Å². The van der Waals surface area contributed by atoms with E-state index < -0.39 is 33.7 Å². The van der Waals surface area contributed by atoms with Gasteiger partial charge in [-0.3, -0.25) is 14.9 Å². The van der Waals surface area contributed by atoms with Crippen LogP contribution in [0.4, 0.5) is 14.5 Å². The van der Waals surface area contributed by atoms with E-state index in [1.165, 1.54) is 0 Å². The first kappa shape index (κ1) is 15.3. The third kappa shape index (κ3) is 3.72. The topological polar surface area (TPSA) is 81.5 Å². The molecule has 114 valence electrons. The van der Waals surface area contributed by atoms with Gasteiger partial charge in [0.2, 0.25) is 5.82 Å². The Morgan fingerprint density at radius 2 is 2.24 bits per heavy atom. The molecule has 0 aliphatic carbocycles. The number of halogens is 2. The molecule has 1 heterocycles. The number of nitrogens with zero attached hydrogens (tertiary/aromatic N) is 1. The minimum atomic E-state index is -1.33. The number of rotatable bonds is 4. The third-order valence-electron chi connectivity index (χ3n) is 3.27. The van der Waals surface area contributed by atoms with Crippen LogP contribution in [-0.2, 0) is 4.74 Å². The van der Waals surface area contributed by atoms with E-state index >= 15 is 0 Å². The van der Waals surface area contributed by atoms with E-state index in [0.29, 0.717) is 25.3 Å². The van der Waals surface area contributed by atoms with Crippen LogP contribution in [0, 0.1) is 27.7 Å². The average Bonchev–Trinajstić information content (AvgIpc) is 2.47. The normalized spacial score (nSPS) is 18.3. The first-order valence-corrected chi connectivity index (χ1v) is 6.48. The van der Waals surface area contributed by atoms with Crippen molar-refractivity contribution in [2.24, 2.45) is 5.92 Å². The Morgan fingerprint density at radius 1 is 1.48 bits per heavy atom. The first-order chi connectivity index (χ1) is 9.99. The van der Waals surface area contributed by atoms with Gasteiger partial charge in [0, 0.05) is 13.2 Å². The average molecular weight is 300 g/mol. The summed E-state index contributed by atoms with van der Waals surface area (Å²) in [7, 11) is 0. The molecule has 1 saturated heterocycles. The molecule has 6 nitrogen and oxygen atoms in total. The molecule has 2 rings (SSSR count). The van der Waals surface area contributed by atoms with Crippen LogP contribution in [0.5, 0.6) is 0 Å². The highest BCUT2D eigenvalue weighted by molar-refractivity contribution is 5.95. The van der Waals surface area contributed by atoms with Gasteiger partial charge in [0.1, 0.15) is 5.82 Å². The summed E-state index contributed by atoms with van der Waals surface area (Å²) < 4.78 is 32.3. The number of hydrogen-bond acceptors (Lipinski definition) is 4. The maximum Gasteiger partial charge on any atom is 0.308 e. The van der Waals surface area contributed by atoms with Crippen LogP contribution in [0.25, 0.3) is 0 Å². The van der Waals surface area contributed by atoms with Gasteiger partial charge in [-0.25, -0.2) is 4.39 Å². The predicted octanol–water partition coefficient (Wildman–Crippen LogP) is 2.03. The van der Waals surface area contributed by atoms with Crippen molar-refractivity contribution in [2.75, 3.05) is 19.8 Å². The maximum absolute atomic E-state index is 13.8. The quantitative estimate of drug-likeness (QED) is 0.681. The highest BCUT2D eigenvalue weighted by Gasteiger charge is 2.24. The lowest BCUT2D eigenvalue weighted by Crippen LogP contribution is -2.33. The smallest absolute Gasteiger partial charge is 0.308 e. The highest BCUT2D eigenvalue weighted by atomic mass is 19.1. The molecule has 1 N–H and O–H groups in total. The van der Waals surface area contributed by atoms with Gasteiger partial charge in [-0.15, -0.1) is 0 Å². The van der Waals surface area contributed by atoms with Gasteiger partial charge in [-0.2, -0.15) is 4.39 Å². The van der Waals surface area contributed by atoms with Crippen molar-refractivity contribution in [3.05, 3.63) is 39.4 Å². The molecule has 1 aliphatic rings. The number of amides is 1. The molecule has 1 unspecified atom stereocenters. The molecule has 1 aliphatic heterocycles. The zero-order valence-corrected chi connectivity index (χ0v) is 11.1. The van der Waals surface area contributed by atoms with Crippen molar-refractivity contribution in [2.45, 2.75) is 12.8 Å². The molecule has 1 aromatic rings. The van der Waals surface area contributed by atoms with Gasteiger partial charge in [0.05, 0.1) is 23.2 Å². The molecule has 0 aromatic heterocycles. The Morgan fingerprint density at radius 3 is 2.86 bits per heavy atom. The Bertz CT molecular complexity index is 559. The minimum absolute atomic E-state index is 0.106. The molecule has 0 spiro atoms. The fourth-order valence-corrected chi connectivity index (χ4v) is 2.17. The lowest BCUT2D eigenvalue weighted by Gasteiger charge is -2.22. The molecule has 0 bridgehead atoms. The van der Waals surface area contributed by atoms with Crippen LogP contribution >= 0.6 is 0 Å². The third-order valence-corrected chi connectivity index (χ3v) is 3.27. The largest absolute Gasteiger partial charge is 0.381 e. The van der Waals surface area contributed by atoms with E-state index in [2.05, 4.69) is 5.32 Å². The lowest BCUT2D eigenvalue weighted by atomic mass is 10.0. The second-order valence-corrected chi connectivity index (χ2v) is 4.84. The molecule has 1 atom stereocenters. The van der Waals surface area contributed by atoms with Crippen LogP contribution in [-0.4, -0.2) is 30.6 Å². The summed E-state index contributed by atoms with van der Waals surface area (Å²) in [5.41, 5.74) is -1.72. The van der Waals surface area contributed by atoms with Gasteiger partial charge in [-0.1, -0.05) is 0 Å². The minimum Gasteiger partial charge on any atom is -0.381 e. The Labute approximate surface area is 119 Å². The molecule has 1 aromatic carbocycles. The molecular formula is C13H14F2N2O4. The van der Waals surface area contributed by atoms with Gasteiger partial charge >= 0.3 is 5.69 Å². The number of benzene rings is 1. The van der Waals surface area contributed by atoms with Crippen molar-refractivity contribution in [1.29, 1.82) is 0 Å². The van der Waals surface area contributed by atoms with E-state index in [9.17, 15) is 23.7 Å². The van der Waals surface area contributed by atoms with Gasteiger partial charge in [-0.05, 0) is 24.8 Å². The molecule has 1 amide bonds. The number of carbonyl (C=O) groups is 1. The van der Waals surface area contributed by atoms with Crippen LogP contribution in [0.2, 0.25) is 0 Å². The van der Waals surface area contributed by atoms with Crippen molar-refractivity contribution < 1.29 is 23.2 Å². The van der Waals surface area contributed by atoms with Crippen LogP contribution in [0.15, 0.2) is 12.1 Å². The predicted molar refractivity (Wildman–Crippen MR) is 68.9 cm³/mol. The fraction of sp³-hybridized carbons (Fsp3) is 0.462. The van der Waals surface area contributed by atoms with E-state index in [4.69, 9.17) is 4.74 Å². The maximum atomic E-state index is 13.8. The molecule has 8 heteroatoms. The number of nitro groups is 1. The van der Waals surface area contributed by atoms with Gasteiger partial charge < -0.3 is 10.1 Å². The number of ether oxygens (including phenoxy) is 1. The Hall–Kier alpha value is -2.09. The summed E-state index contributed by atoms with van der Waals surface area (Å²) in [6, 6.07) is 1.09. The number of carbonyl (C=O) groups excluding carboxylic acids is 1. The van der Waals surface area contributed by atoms with Crippen LogP contribution in [0.1, 0.15) is 23.2 Å². The van der Waals surface area contributed by atoms with E-state index in [-0.39, 0.29) is 12.5 Å². The zero-order valence-electron chi connectivity index (χ0n) is 11.1. The van der Waals surface area contributed by atoms with Crippen LogP contribution < -0.4 is 5.32 Å². The number of nitro benzene ring substituents is 1. The number of hydrogen-bond donors (Lipinski definition) is 1. The van der Waals surface area contributed by atoms with E-state index in [1.807, 2.05) is 0 Å². The molecular weight excluding hydrogens is 286 g/mol. The van der Waals surface area contributed by atoms with E-state index in [0.717, 1.165) is 12.8 Å². The fourth-order valence-electron chi connectivity index (χ4n) is 2.17. The van der Waals surface area contributed by atoms with Crippen LogP contribution in [0.3, 0.4) is 0 Å². The first-order valence-electron chi connectivity index (χ1n) is 6.48. The summed E-state index contributed by atoms with van der Waals surface area (Å²) >= 11 is 0. The van der Waals surface area contributed by atoms with Crippen molar-refractivity contribution >= 4 is 11.6 Å². The summed E-state index contributed by atoms with van der Waals surface area (Å²) in [5, 5.41) is 13.1. The monoisotopic (exact) mass is 300 g/mol. The molecule has 0 radical (unpaired) electrons. The second-order valence-electron chi connectivity index (χ2n) is 4.84. The number of nitrogens with one attached hydrogen (secondary N) is 1. The lowest BCUT2D eigenvalue weighted by molar-refractivity contribution is -0.387. The summed E-state index contributed by atoms with van der Waals surface area (Å²) in [4.78, 5) is 21.4. The van der Waals surface area contributed by atoms with Gasteiger partial charge in [0.25, 0.3) is 5.91 Å². The standard InChI is InChI=1S/C13H14F2N2O4/c14-9-4-10(12(15)11(5-9)17(19)20)13(18)16-6-8-2-1-3-21-7-8/h4-5,8H,1-3,6-7H2,(H,16,18). The molecule has 0 saturated carbocycles. The van der Waals surface area contributed by atoms with E-state index in [1.54, 1.807) is 0 Å². The summed E-state index contributed by atoms with van der Waals surface area (Å²) in [6.07, 6.45) is 1.74. The zero-order chi connectivity index (χ0) is 15.4. The molecule has 1 fully saturated rings. The highest BCUT2D eigenvalue weighted by Crippen LogP contribution is 2.22. The van der Waals surface area contributed by atoms with Crippen molar-refractivity contribution in [3.63, 3.8) is 0 Å². The van der Waals surface area contributed by atoms with Crippen molar-refractivity contribution in [1.82, 2.24) is 5.32 Å². The summed E-state index contributed by atoms with van der Waals surface area (Å²) in [5.74, 6) is -3.14. The molecule has 21 heavy (non-hydrogen) atoms. The Balaban J connectivity index is 2.09. The van der Waals surface area contributed by atoms with Crippen molar-refractivity contribution in [3.8, 4) is 0 Å². The SMILES string of the molecule is O=C(NCC1CCCOC1)c1cc(F)cc([N+](=O)[O-])c1F. The second kappa shape index (κ2) is 6.57.